The van der Waals surface area contributed by atoms with Gasteiger partial charge in [-0.25, -0.2) is 0 Å². The minimum absolute atomic E-state index is 0.0352. The number of ether oxygens (including phenoxy) is 1. The molecule has 0 amide bonds. The Morgan fingerprint density at radius 3 is 3.04 bits per heavy atom. The summed E-state index contributed by atoms with van der Waals surface area (Å²) < 4.78 is 6.33. The summed E-state index contributed by atoms with van der Waals surface area (Å²) in [6.07, 6.45) is 5.37. The molecule has 4 nitrogen and oxygen atoms in total. The molecule has 1 aromatic carbocycles. The van der Waals surface area contributed by atoms with Crippen LogP contribution in [-0.2, 0) is 11.8 Å². The summed E-state index contributed by atoms with van der Waals surface area (Å²) in [6, 6.07) is 3.89. The van der Waals surface area contributed by atoms with Gasteiger partial charge in [0.25, 0.3) is 0 Å². The number of piperidine rings is 1. The van der Waals surface area contributed by atoms with Crippen molar-refractivity contribution in [1.82, 2.24) is 4.90 Å². The predicted octanol–water partition coefficient (Wildman–Crippen LogP) is 2.37. The van der Waals surface area contributed by atoms with Crippen LogP contribution < -0.4 is 4.74 Å². The molecule has 2 fully saturated rings. The average molecular weight is 327 g/mol. The van der Waals surface area contributed by atoms with Crippen molar-refractivity contribution in [3.05, 3.63) is 35.9 Å². The van der Waals surface area contributed by atoms with Gasteiger partial charge in [0.1, 0.15) is 6.10 Å². The van der Waals surface area contributed by atoms with Crippen LogP contribution in [0.5, 0.6) is 11.5 Å². The number of hydrogen-bond donors (Lipinski definition) is 2. The van der Waals surface area contributed by atoms with Gasteiger partial charge >= 0.3 is 0 Å². The van der Waals surface area contributed by atoms with Crippen molar-refractivity contribution >= 4 is 0 Å². The van der Waals surface area contributed by atoms with Gasteiger partial charge in [-0.05, 0) is 49.8 Å². The molecule has 1 spiro atoms. The topological polar surface area (TPSA) is 52.9 Å². The number of likely N-dealkylation sites (tertiary alicyclic amines) is 1. The summed E-state index contributed by atoms with van der Waals surface area (Å²) in [5.74, 6) is 1.24. The molecule has 2 unspecified atom stereocenters. The van der Waals surface area contributed by atoms with Gasteiger partial charge in [0.05, 0.1) is 11.0 Å². The normalized spacial score (nSPS) is 42.3. The molecule has 2 heterocycles. The fourth-order valence-electron chi connectivity index (χ4n) is 6.26. The van der Waals surface area contributed by atoms with Crippen LogP contribution in [0.25, 0.3) is 0 Å². The lowest BCUT2D eigenvalue weighted by atomic mass is 9.47. The van der Waals surface area contributed by atoms with Crippen LogP contribution in [0, 0.1) is 5.92 Å². The number of nitrogens with zero attached hydrogens (tertiary/aromatic N) is 1. The Balaban J connectivity index is 1.78. The van der Waals surface area contributed by atoms with Gasteiger partial charge in [0.2, 0.25) is 0 Å². The number of aliphatic hydroxyl groups is 1. The molecule has 24 heavy (non-hydrogen) atoms. The number of phenolic OH excluding ortho intramolecular Hbond substituents is 1. The Hall–Kier alpha value is -1.52. The van der Waals surface area contributed by atoms with Crippen LogP contribution in [-0.4, -0.2) is 45.9 Å². The molecule has 128 valence electrons. The lowest BCUT2D eigenvalue weighted by Crippen LogP contribution is -2.76. The summed E-state index contributed by atoms with van der Waals surface area (Å²) in [5, 5.41) is 22.4. The molecular formula is C20H25NO3. The Kier molecular flexibility index (Phi) is 2.81. The molecule has 4 aliphatic rings. The summed E-state index contributed by atoms with van der Waals surface area (Å²) >= 11 is 0. The van der Waals surface area contributed by atoms with Crippen molar-refractivity contribution < 1.29 is 14.9 Å². The first-order chi connectivity index (χ1) is 11.5. The van der Waals surface area contributed by atoms with E-state index in [-0.39, 0.29) is 23.3 Å². The van der Waals surface area contributed by atoms with Gasteiger partial charge in [-0.2, -0.15) is 0 Å². The number of hydrogen-bond acceptors (Lipinski definition) is 4. The second-order valence-corrected chi connectivity index (χ2v) is 8.15. The highest BCUT2D eigenvalue weighted by Gasteiger charge is 2.72. The molecule has 0 radical (unpaired) electrons. The summed E-state index contributed by atoms with van der Waals surface area (Å²) in [6.45, 7) is 7.88. The van der Waals surface area contributed by atoms with Gasteiger partial charge in [0, 0.05) is 18.2 Å². The monoisotopic (exact) mass is 327 g/mol. The highest BCUT2D eigenvalue weighted by Crippen LogP contribution is 2.66. The van der Waals surface area contributed by atoms with Crippen LogP contribution in [0.3, 0.4) is 0 Å². The van der Waals surface area contributed by atoms with E-state index in [1.807, 2.05) is 12.1 Å². The fraction of sp³-hybridized carbons (Fsp3) is 0.600. The summed E-state index contributed by atoms with van der Waals surface area (Å²) in [5.41, 5.74) is 1.20. The van der Waals surface area contributed by atoms with Crippen LogP contribution in [0.2, 0.25) is 0 Å². The maximum atomic E-state index is 12.0. The fourth-order valence-corrected chi connectivity index (χ4v) is 6.26. The summed E-state index contributed by atoms with van der Waals surface area (Å²) in [7, 11) is 0. The van der Waals surface area contributed by atoms with Crippen molar-refractivity contribution in [2.75, 3.05) is 13.1 Å². The molecule has 1 saturated carbocycles. The van der Waals surface area contributed by atoms with Crippen molar-refractivity contribution in [2.24, 2.45) is 5.92 Å². The quantitative estimate of drug-likeness (QED) is 0.819. The molecular weight excluding hydrogens is 302 g/mol. The van der Waals surface area contributed by atoms with Crippen molar-refractivity contribution in [1.29, 1.82) is 0 Å². The van der Waals surface area contributed by atoms with E-state index in [0.29, 0.717) is 11.7 Å². The summed E-state index contributed by atoms with van der Waals surface area (Å²) in [4.78, 5) is 2.39. The van der Waals surface area contributed by atoms with Gasteiger partial charge in [-0.3, -0.25) is 4.90 Å². The van der Waals surface area contributed by atoms with Gasteiger partial charge < -0.3 is 14.9 Å². The zero-order valence-electron chi connectivity index (χ0n) is 14.2. The molecule has 4 heteroatoms. The lowest BCUT2D eigenvalue weighted by Gasteiger charge is -2.64. The van der Waals surface area contributed by atoms with E-state index in [4.69, 9.17) is 4.74 Å². The van der Waals surface area contributed by atoms with E-state index in [9.17, 15) is 10.2 Å². The minimum atomic E-state index is -0.780. The first-order valence-corrected chi connectivity index (χ1v) is 9.12. The molecule has 2 aliphatic heterocycles. The molecule has 1 saturated heterocycles. The Bertz CT molecular complexity index is 732. The minimum Gasteiger partial charge on any atom is -0.504 e. The Morgan fingerprint density at radius 2 is 2.25 bits per heavy atom. The van der Waals surface area contributed by atoms with E-state index in [1.165, 1.54) is 5.56 Å². The molecule has 2 aliphatic carbocycles. The van der Waals surface area contributed by atoms with Crippen LogP contribution in [0.1, 0.15) is 37.3 Å². The van der Waals surface area contributed by atoms with E-state index in [0.717, 1.165) is 44.3 Å². The smallest absolute Gasteiger partial charge is 0.165 e. The second kappa shape index (κ2) is 4.55. The molecule has 0 aromatic heterocycles. The SMILES string of the molecule is C=CCN1CC[C@]23c4c5ccc(O)c4OC2C(C)CC[C@@]3(O)[C@H]1C5. The number of phenols is 1. The molecule has 1 aromatic rings. The average Bonchev–Trinajstić information content (AvgIpc) is 2.91. The third-order valence-corrected chi connectivity index (χ3v) is 7.23. The third-order valence-electron chi connectivity index (χ3n) is 7.23. The number of rotatable bonds is 2. The highest BCUT2D eigenvalue weighted by molar-refractivity contribution is 5.62. The van der Waals surface area contributed by atoms with Crippen molar-refractivity contribution in [3.63, 3.8) is 0 Å². The second-order valence-electron chi connectivity index (χ2n) is 8.15. The van der Waals surface area contributed by atoms with E-state index in [1.54, 1.807) is 6.07 Å². The highest BCUT2D eigenvalue weighted by atomic mass is 16.5. The molecule has 5 atom stereocenters. The Morgan fingerprint density at radius 1 is 1.42 bits per heavy atom. The van der Waals surface area contributed by atoms with Crippen LogP contribution >= 0.6 is 0 Å². The first-order valence-electron chi connectivity index (χ1n) is 9.12. The maximum absolute atomic E-state index is 12.0. The maximum Gasteiger partial charge on any atom is 0.165 e. The van der Waals surface area contributed by atoms with E-state index >= 15 is 0 Å². The van der Waals surface area contributed by atoms with Gasteiger partial charge in [-0.15, -0.1) is 6.58 Å². The zero-order chi connectivity index (χ0) is 16.7. The largest absolute Gasteiger partial charge is 0.504 e. The first kappa shape index (κ1) is 14.8. The van der Waals surface area contributed by atoms with E-state index < -0.39 is 5.60 Å². The molecule has 2 N–H and O–H groups in total. The lowest BCUT2D eigenvalue weighted by molar-refractivity contribution is -0.194. The Labute approximate surface area is 142 Å². The van der Waals surface area contributed by atoms with Crippen LogP contribution in [0.15, 0.2) is 24.8 Å². The van der Waals surface area contributed by atoms with Crippen molar-refractivity contribution in [2.45, 2.75) is 55.8 Å². The third kappa shape index (κ3) is 1.44. The van der Waals surface area contributed by atoms with Gasteiger partial charge in [-0.1, -0.05) is 19.1 Å². The number of benzene rings is 1. The van der Waals surface area contributed by atoms with Crippen LogP contribution in [0.4, 0.5) is 0 Å². The van der Waals surface area contributed by atoms with Gasteiger partial charge in [0.15, 0.2) is 11.5 Å². The number of aromatic hydroxyl groups is 1. The standard InChI is InChI=1S/C20H25NO3/c1-3-9-21-10-8-19-16-13-4-5-14(22)17(16)24-18(19)12(2)6-7-20(19,23)15(21)11-13/h3-5,12,15,18,22-23H,1,6-11H2,2H3/t12?,15-,18?,19+,20-/m1/s1. The molecule has 5 rings (SSSR count). The predicted molar refractivity (Wildman–Crippen MR) is 91.4 cm³/mol. The zero-order valence-corrected chi connectivity index (χ0v) is 14.2. The molecule has 2 bridgehead atoms. The van der Waals surface area contributed by atoms with Crippen molar-refractivity contribution in [3.8, 4) is 11.5 Å². The van der Waals surface area contributed by atoms with E-state index in [2.05, 4.69) is 18.4 Å².